The van der Waals surface area contributed by atoms with Crippen LogP contribution < -0.4 is 21.1 Å². The highest BCUT2D eigenvalue weighted by molar-refractivity contribution is 6.11. The van der Waals surface area contributed by atoms with Crippen molar-refractivity contribution in [2.45, 2.75) is 18.9 Å². The molecule has 10 nitrogen and oxygen atoms in total. The van der Waals surface area contributed by atoms with Crippen LogP contribution in [0, 0.1) is 5.82 Å². The first-order valence-electron chi connectivity index (χ1n) is 8.40. The molecule has 11 heteroatoms. The molecule has 0 radical (unpaired) electrons. The van der Waals surface area contributed by atoms with Gasteiger partial charge in [0.15, 0.2) is 17.3 Å². The standard InChI is InChI=1S/C16H17FN8O2/c17-9-4-21-14-12(13(18)24-25(14)7-9)15(26)23-11-6-20-8-22-16(11)27-10-2-1-3-19-5-10/h4,6-8,10,19H,1-3,5H2,(H2,18,24)(H,23,26)/t10-/m0/s1. The van der Waals surface area contributed by atoms with E-state index in [0.29, 0.717) is 12.2 Å². The molecule has 1 amide bonds. The van der Waals surface area contributed by atoms with Crippen LogP contribution in [-0.4, -0.2) is 49.7 Å². The first-order valence-corrected chi connectivity index (χ1v) is 8.40. The zero-order chi connectivity index (χ0) is 18.8. The molecule has 27 heavy (non-hydrogen) atoms. The van der Waals surface area contributed by atoms with Gasteiger partial charge in [0.05, 0.1) is 18.6 Å². The van der Waals surface area contributed by atoms with Crippen LogP contribution in [0.15, 0.2) is 24.9 Å². The van der Waals surface area contributed by atoms with E-state index >= 15 is 0 Å². The van der Waals surface area contributed by atoms with Crippen molar-refractivity contribution in [3.63, 3.8) is 0 Å². The molecule has 0 aromatic carbocycles. The van der Waals surface area contributed by atoms with Gasteiger partial charge in [0, 0.05) is 6.54 Å². The van der Waals surface area contributed by atoms with E-state index in [1.165, 1.54) is 12.5 Å². The van der Waals surface area contributed by atoms with Crippen molar-refractivity contribution in [2.24, 2.45) is 0 Å². The van der Waals surface area contributed by atoms with Crippen molar-refractivity contribution < 1.29 is 13.9 Å². The van der Waals surface area contributed by atoms with E-state index in [4.69, 9.17) is 10.5 Å². The molecule has 0 unspecified atom stereocenters. The highest BCUT2D eigenvalue weighted by atomic mass is 19.1. The molecule has 140 valence electrons. The molecular weight excluding hydrogens is 355 g/mol. The van der Waals surface area contributed by atoms with E-state index in [9.17, 15) is 9.18 Å². The van der Waals surface area contributed by atoms with Gasteiger partial charge in [0.1, 0.15) is 23.7 Å². The number of nitrogens with zero attached hydrogens (tertiary/aromatic N) is 5. The smallest absolute Gasteiger partial charge is 0.263 e. The van der Waals surface area contributed by atoms with Crippen molar-refractivity contribution in [2.75, 3.05) is 24.1 Å². The maximum Gasteiger partial charge on any atom is 0.263 e. The van der Waals surface area contributed by atoms with Crippen molar-refractivity contribution in [1.29, 1.82) is 0 Å². The summed E-state index contributed by atoms with van der Waals surface area (Å²) >= 11 is 0. The number of nitrogen functional groups attached to an aromatic ring is 1. The molecule has 0 spiro atoms. The maximum atomic E-state index is 13.3. The first-order chi connectivity index (χ1) is 13.1. The number of nitrogens with one attached hydrogen (secondary N) is 2. The largest absolute Gasteiger partial charge is 0.471 e. The zero-order valence-electron chi connectivity index (χ0n) is 14.2. The van der Waals surface area contributed by atoms with E-state index in [2.05, 4.69) is 30.7 Å². The predicted octanol–water partition coefficient (Wildman–Crippen LogP) is 0.624. The summed E-state index contributed by atoms with van der Waals surface area (Å²) in [4.78, 5) is 24.7. The lowest BCUT2D eigenvalue weighted by atomic mass is 10.1. The fourth-order valence-corrected chi connectivity index (χ4v) is 2.91. The molecular formula is C16H17FN8O2. The number of hydrogen-bond acceptors (Lipinski definition) is 8. The Bertz CT molecular complexity index is 986. The lowest BCUT2D eigenvalue weighted by Crippen LogP contribution is -2.37. The van der Waals surface area contributed by atoms with Crippen LogP contribution in [0.1, 0.15) is 23.2 Å². The maximum absolute atomic E-state index is 13.3. The lowest BCUT2D eigenvalue weighted by molar-refractivity contribution is 0.102. The first kappa shape index (κ1) is 17.1. The Morgan fingerprint density at radius 3 is 3.11 bits per heavy atom. The van der Waals surface area contributed by atoms with E-state index in [0.717, 1.165) is 36.3 Å². The number of amides is 1. The third-order valence-corrected chi connectivity index (χ3v) is 4.15. The minimum Gasteiger partial charge on any atom is -0.471 e. The summed E-state index contributed by atoms with van der Waals surface area (Å²) in [5.74, 6) is -0.962. The quantitative estimate of drug-likeness (QED) is 0.607. The Kier molecular flexibility index (Phi) is 4.50. The topological polar surface area (TPSA) is 132 Å². The van der Waals surface area contributed by atoms with Crippen LogP contribution in [-0.2, 0) is 0 Å². The molecule has 4 rings (SSSR count). The van der Waals surface area contributed by atoms with Crippen LogP contribution in [0.2, 0.25) is 0 Å². The molecule has 4 N–H and O–H groups in total. The summed E-state index contributed by atoms with van der Waals surface area (Å²) in [6.07, 6.45) is 6.70. The molecule has 3 aromatic heterocycles. The molecule has 1 aliphatic heterocycles. The van der Waals surface area contributed by atoms with Gasteiger partial charge in [-0.2, -0.15) is 4.98 Å². The van der Waals surface area contributed by atoms with Gasteiger partial charge < -0.3 is 21.1 Å². The summed E-state index contributed by atoms with van der Waals surface area (Å²) < 4.78 is 20.3. The number of carbonyl (C=O) groups excluding carboxylic acids is 1. The predicted molar refractivity (Wildman–Crippen MR) is 93.9 cm³/mol. The Labute approximate surface area is 153 Å². The average molecular weight is 372 g/mol. The van der Waals surface area contributed by atoms with Crippen LogP contribution in [0.25, 0.3) is 5.65 Å². The molecule has 4 heterocycles. The van der Waals surface area contributed by atoms with Gasteiger partial charge in [-0.15, -0.1) is 5.10 Å². The summed E-state index contributed by atoms with van der Waals surface area (Å²) in [6.45, 7) is 1.66. The number of fused-ring (bicyclic) bond motifs is 1. The van der Waals surface area contributed by atoms with Gasteiger partial charge in [-0.05, 0) is 19.4 Å². The number of rotatable bonds is 4. The monoisotopic (exact) mass is 372 g/mol. The van der Waals surface area contributed by atoms with Gasteiger partial charge in [0.25, 0.3) is 5.91 Å². The molecule has 1 atom stereocenters. The molecule has 0 aliphatic carbocycles. The second-order valence-electron chi connectivity index (χ2n) is 6.08. The van der Waals surface area contributed by atoms with E-state index in [1.807, 2.05) is 0 Å². The highest BCUT2D eigenvalue weighted by Gasteiger charge is 2.22. The number of piperidine rings is 1. The molecule has 0 bridgehead atoms. The second kappa shape index (κ2) is 7.11. The van der Waals surface area contributed by atoms with Crippen molar-refractivity contribution in [3.05, 3.63) is 36.3 Å². The Morgan fingerprint density at radius 1 is 1.41 bits per heavy atom. The number of anilines is 2. The fraction of sp³-hybridized carbons (Fsp3) is 0.312. The molecule has 1 aliphatic rings. The average Bonchev–Trinajstić information content (AvgIpc) is 2.99. The highest BCUT2D eigenvalue weighted by Crippen LogP contribution is 2.25. The van der Waals surface area contributed by atoms with Gasteiger partial charge in [0.2, 0.25) is 5.88 Å². The minimum atomic E-state index is -0.592. The summed E-state index contributed by atoms with van der Waals surface area (Å²) in [5, 5.41) is 9.83. The van der Waals surface area contributed by atoms with Gasteiger partial charge in [-0.1, -0.05) is 0 Å². The zero-order valence-corrected chi connectivity index (χ0v) is 14.2. The number of hydrogen-bond donors (Lipinski definition) is 3. The van der Waals surface area contributed by atoms with Crippen LogP contribution in [0.4, 0.5) is 15.9 Å². The molecule has 0 saturated carbocycles. The van der Waals surface area contributed by atoms with Crippen molar-refractivity contribution >= 4 is 23.1 Å². The molecule has 3 aromatic rings. The summed E-state index contributed by atoms with van der Waals surface area (Å²) in [6, 6.07) is 0. The van der Waals surface area contributed by atoms with Gasteiger partial charge >= 0.3 is 0 Å². The van der Waals surface area contributed by atoms with Crippen molar-refractivity contribution in [3.8, 4) is 5.88 Å². The van der Waals surface area contributed by atoms with Crippen LogP contribution in [0.5, 0.6) is 5.88 Å². The van der Waals surface area contributed by atoms with E-state index in [-0.39, 0.29) is 29.0 Å². The number of aromatic nitrogens is 5. The normalized spacial score (nSPS) is 17.0. The third kappa shape index (κ3) is 3.49. The summed E-state index contributed by atoms with van der Waals surface area (Å²) in [5.41, 5.74) is 6.29. The molecule has 1 fully saturated rings. The van der Waals surface area contributed by atoms with E-state index < -0.39 is 11.7 Å². The third-order valence-electron chi connectivity index (χ3n) is 4.15. The van der Waals surface area contributed by atoms with Crippen molar-refractivity contribution in [1.82, 2.24) is 29.9 Å². The SMILES string of the molecule is Nc1nn2cc(F)cnc2c1C(=O)Nc1cncnc1O[C@H]1CCCNC1. The van der Waals surface area contributed by atoms with Crippen LogP contribution in [0.3, 0.4) is 0 Å². The van der Waals surface area contributed by atoms with Gasteiger partial charge in [-0.25, -0.2) is 18.9 Å². The fourth-order valence-electron chi connectivity index (χ4n) is 2.91. The van der Waals surface area contributed by atoms with Crippen LogP contribution >= 0.6 is 0 Å². The second-order valence-corrected chi connectivity index (χ2v) is 6.08. The molecule has 1 saturated heterocycles. The number of nitrogens with two attached hydrogens (primary N) is 1. The Hall–Kier alpha value is -3.34. The number of carbonyl (C=O) groups is 1. The Morgan fingerprint density at radius 2 is 2.30 bits per heavy atom. The lowest BCUT2D eigenvalue weighted by Gasteiger charge is -2.24. The van der Waals surface area contributed by atoms with Gasteiger partial charge in [-0.3, -0.25) is 4.79 Å². The summed E-state index contributed by atoms with van der Waals surface area (Å²) in [7, 11) is 0. The number of halogens is 1. The minimum absolute atomic E-state index is 0.0316. The van der Waals surface area contributed by atoms with E-state index in [1.54, 1.807) is 0 Å². The number of ether oxygens (including phenoxy) is 1. The Balaban J connectivity index is 1.59.